The zero-order valence-corrected chi connectivity index (χ0v) is 10.3. The van der Waals surface area contributed by atoms with Gasteiger partial charge in [0.25, 0.3) is 0 Å². The normalized spacial score (nSPS) is 20.6. The molecule has 1 heterocycles. The van der Waals surface area contributed by atoms with E-state index in [4.69, 9.17) is 4.74 Å². The molecule has 1 aromatic rings. The van der Waals surface area contributed by atoms with E-state index in [2.05, 4.69) is 4.90 Å². The molecular weight excluding hydrogens is 233 g/mol. The van der Waals surface area contributed by atoms with Crippen LogP contribution < -0.4 is 4.74 Å². The standard InChI is InChI=1S/C14H18FNO2/c15-13-5-1-2-6-14(13)18-9-8-16-7-3-4-12(10-16)11-17/h1-2,5-6,11-12H,3-4,7-10H2. The number of hydrogen-bond acceptors (Lipinski definition) is 3. The lowest BCUT2D eigenvalue weighted by Gasteiger charge is -2.29. The van der Waals surface area contributed by atoms with Crippen molar-refractivity contribution in [2.24, 2.45) is 5.92 Å². The second kappa shape index (κ2) is 6.50. The summed E-state index contributed by atoms with van der Waals surface area (Å²) in [6, 6.07) is 6.40. The van der Waals surface area contributed by atoms with Gasteiger partial charge in [-0.15, -0.1) is 0 Å². The Kier molecular flexibility index (Phi) is 4.70. The van der Waals surface area contributed by atoms with Crippen molar-refractivity contribution < 1.29 is 13.9 Å². The number of halogens is 1. The first-order valence-corrected chi connectivity index (χ1v) is 6.34. The van der Waals surface area contributed by atoms with Crippen molar-refractivity contribution >= 4 is 6.29 Å². The summed E-state index contributed by atoms with van der Waals surface area (Å²) in [5, 5.41) is 0. The Morgan fingerprint density at radius 1 is 1.44 bits per heavy atom. The van der Waals surface area contributed by atoms with Crippen molar-refractivity contribution in [1.29, 1.82) is 0 Å². The van der Waals surface area contributed by atoms with Crippen molar-refractivity contribution in [1.82, 2.24) is 4.90 Å². The molecule has 1 unspecified atom stereocenters. The highest BCUT2D eigenvalue weighted by atomic mass is 19.1. The van der Waals surface area contributed by atoms with Crippen LogP contribution in [0.5, 0.6) is 5.75 Å². The average molecular weight is 251 g/mol. The molecule has 0 saturated carbocycles. The average Bonchev–Trinajstić information content (AvgIpc) is 2.41. The third-order valence-corrected chi connectivity index (χ3v) is 3.24. The molecule has 1 aromatic carbocycles. The molecule has 1 aliphatic heterocycles. The van der Waals surface area contributed by atoms with Crippen LogP contribution in [0.4, 0.5) is 4.39 Å². The molecular formula is C14H18FNO2. The van der Waals surface area contributed by atoms with Gasteiger partial charge in [0.15, 0.2) is 11.6 Å². The first-order chi connectivity index (χ1) is 8.79. The van der Waals surface area contributed by atoms with Crippen molar-refractivity contribution in [2.75, 3.05) is 26.2 Å². The molecule has 98 valence electrons. The van der Waals surface area contributed by atoms with E-state index >= 15 is 0 Å². The fraction of sp³-hybridized carbons (Fsp3) is 0.500. The topological polar surface area (TPSA) is 29.5 Å². The Morgan fingerprint density at radius 3 is 3.06 bits per heavy atom. The zero-order valence-electron chi connectivity index (χ0n) is 10.3. The summed E-state index contributed by atoms with van der Waals surface area (Å²) in [4.78, 5) is 12.9. The molecule has 0 aromatic heterocycles. The van der Waals surface area contributed by atoms with Gasteiger partial charge < -0.3 is 9.53 Å². The van der Waals surface area contributed by atoms with Crippen LogP contribution in [0.2, 0.25) is 0 Å². The number of benzene rings is 1. The van der Waals surface area contributed by atoms with E-state index in [1.807, 2.05) is 0 Å². The molecule has 0 radical (unpaired) electrons. The summed E-state index contributed by atoms with van der Waals surface area (Å²) in [5.74, 6) is 0.107. The molecule has 0 bridgehead atoms. The van der Waals surface area contributed by atoms with E-state index < -0.39 is 0 Å². The number of carbonyl (C=O) groups is 1. The Balaban J connectivity index is 1.75. The van der Waals surface area contributed by atoms with Crippen LogP contribution in [0.3, 0.4) is 0 Å². The van der Waals surface area contributed by atoms with Crippen LogP contribution in [-0.2, 0) is 4.79 Å². The number of para-hydroxylation sites is 1. The second-order valence-corrected chi connectivity index (χ2v) is 4.62. The van der Waals surface area contributed by atoms with Gasteiger partial charge in [-0.3, -0.25) is 4.90 Å². The number of nitrogens with zero attached hydrogens (tertiary/aromatic N) is 1. The fourth-order valence-corrected chi connectivity index (χ4v) is 2.25. The monoisotopic (exact) mass is 251 g/mol. The number of aldehydes is 1. The molecule has 1 fully saturated rings. The predicted molar refractivity (Wildman–Crippen MR) is 67.1 cm³/mol. The number of ether oxygens (including phenoxy) is 1. The lowest BCUT2D eigenvalue weighted by molar-refractivity contribution is -0.112. The van der Waals surface area contributed by atoms with Gasteiger partial charge in [-0.25, -0.2) is 4.39 Å². The van der Waals surface area contributed by atoms with Crippen LogP contribution in [-0.4, -0.2) is 37.4 Å². The number of hydrogen-bond donors (Lipinski definition) is 0. The maximum atomic E-state index is 13.3. The van der Waals surface area contributed by atoms with E-state index in [1.54, 1.807) is 18.2 Å². The molecule has 2 rings (SSSR count). The summed E-state index contributed by atoms with van der Waals surface area (Å²) >= 11 is 0. The summed E-state index contributed by atoms with van der Waals surface area (Å²) in [5.41, 5.74) is 0. The Hall–Kier alpha value is -1.42. The molecule has 18 heavy (non-hydrogen) atoms. The lowest BCUT2D eigenvalue weighted by atomic mass is 10.00. The van der Waals surface area contributed by atoms with Crippen molar-refractivity contribution in [3.63, 3.8) is 0 Å². The van der Waals surface area contributed by atoms with E-state index in [1.165, 1.54) is 6.07 Å². The van der Waals surface area contributed by atoms with Crippen molar-refractivity contribution in [2.45, 2.75) is 12.8 Å². The number of piperidine rings is 1. The van der Waals surface area contributed by atoms with E-state index in [-0.39, 0.29) is 11.7 Å². The highest BCUT2D eigenvalue weighted by molar-refractivity contribution is 5.53. The molecule has 0 aliphatic carbocycles. The summed E-state index contributed by atoms with van der Waals surface area (Å²) < 4.78 is 18.7. The Morgan fingerprint density at radius 2 is 2.28 bits per heavy atom. The lowest BCUT2D eigenvalue weighted by Crippen LogP contribution is -2.38. The van der Waals surface area contributed by atoms with Crippen LogP contribution in [0, 0.1) is 11.7 Å². The third-order valence-electron chi connectivity index (χ3n) is 3.24. The first kappa shape index (κ1) is 13.0. The van der Waals surface area contributed by atoms with Gasteiger partial charge in [0.1, 0.15) is 12.9 Å². The van der Waals surface area contributed by atoms with Crippen molar-refractivity contribution in [3.05, 3.63) is 30.1 Å². The largest absolute Gasteiger partial charge is 0.489 e. The maximum Gasteiger partial charge on any atom is 0.165 e. The SMILES string of the molecule is O=CC1CCCN(CCOc2ccccc2F)C1. The minimum absolute atomic E-state index is 0.146. The predicted octanol–water partition coefficient (Wildman–Crippen LogP) is 2.12. The highest BCUT2D eigenvalue weighted by Gasteiger charge is 2.18. The quantitative estimate of drug-likeness (QED) is 0.751. The number of rotatable bonds is 5. The molecule has 0 spiro atoms. The smallest absolute Gasteiger partial charge is 0.165 e. The highest BCUT2D eigenvalue weighted by Crippen LogP contribution is 2.16. The maximum absolute atomic E-state index is 13.3. The van der Waals surface area contributed by atoms with Gasteiger partial charge in [-0.1, -0.05) is 12.1 Å². The van der Waals surface area contributed by atoms with Gasteiger partial charge >= 0.3 is 0 Å². The molecule has 3 nitrogen and oxygen atoms in total. The van der Waals surface area contributed by atoms with Gasteiger partial charge in [0.05, 0.1) is 0 Å². The summed E-state index contributed by atoms with van der Waals surface area (Å²) in [6.07, 6.45) is 3.06. The molecule has 4 heteroatoms. The number of likely N-dealkylation sites (tertiary alicyclic amines) is 1. The Bertz CT molecular complexity index is 397. The zero-order chi connectivity index (χ0) is 12.8. The third kappa shape index (κ3) is 3.53. The van der Waals surface area contributed by atoms with Gasteiger partial charge in [0, 0.05) is 19.0 Å². The van der Waals surface area contributed by atoms with E-state index in [0.717, 1.165) is 38.8 Å². The van der Waals surface area contributed by atoms with Crippen LogP contribution >= 0.6 is 0 Å². The van der Waals surface area contributed by atoms with Crippen LogP contribution in [0.1, 0.15) is 12.8 Å². The van der Waals surface area contributed by atoms with Crippen molar-refractivity contribution in [3.8, 4) is 5.75 Å². The van der Waals surface area contributed by atoms with Gasteiger partial charge in [0.2, 0.25) is 0 Å². The summed E-state index contributed by atoms with van der Waals surface area (Å²) in [6.45, 7) is 2.97. The Labute approximate surface area is 107 Å². The molecule has 0 N–H and O–H groups in total. The summed E-state index contributed by atoms with van der Waals surface area (Å²) in [7, 11) is 0. The second-order valence-electron chi connectivity index (χ2n) is 4.62. The van der Waals surface area contributed by atoms with Crippen LogP contribution in [0.25, 0.3) is 0 Å². The minimum Gasteiger partial charge on any atom is -0.489 e. The minimum atomic E-state index is -0.332. The van der Waals surface area contributed by atoms with E-state index in [9.17, 15) is 9.18 Å². The fourth-order valence-electron chi connectivity index (χ4n) is 2.25. The van der Waals surface area contributed by atoms with Gasteiger partial charge in [-0.2, -0.15) is 0 Å². The van der Waals surface area contributed by atoms with Crippen LogP contribution in [0.15, 0.2) is 24.3 Å². The van der Waals surface area contributed by atoms with E-state index in [0.29, 0.717) is 12.4 Å². The molecule has 0 amide bonds. The first-order valence-electron chi connectivity index (χ1n) is 6.34. The van der Waals surface area contributed by atoms with Gasteiger partial charge in [-0.05, 0) is 31.5 Å². The molecule has 1 aliphatic rings. The number of carbonyl (C=O) groups excluding carboxylic acids is 1. The molecule has 1 saturated heterocycles. The molecule has 1 atom stereocenters.